The molecule has 0 saturated carbocycles. The van der Waals surface area contributed by atoms with Gasteiger partial charge in [0.1, 0.15) is 5.82 Å². The molecule has 31 heavy (non-hydrogen) atoms. The molecule has 3 heterocycles. The summed E-state index contributed by atoms with van der Waals surface area (Å²) in [5.41, 5.74) is 2.76. The van der Waals surface area contributed by atoms with E-state index in [9.17, 15) is 4.79 Å². The van der Waals surface area contributed by atoms with Gasteiger partial charge in [0.2, 0.25) is 6.79 Å². The molecule has 3 aromatic rings. The van der Waals surface area contributed by atoms with Gasteiger partial charge >= 0.3 is 0 Å². The lowest BCUT2D eigenvalue weighted by Crippen LogP contribution is -2.48. The molecule has 0 atom stereocenters. The monoisotopic (exact) mass is 418 g/mol. The lowest BCUT2D eigenvalue weighted by Gasteiger charge is -2.35. The lowest BCUT2D eigenvalue weighted by atomic mass is 10.1. The number of fused-ring (bicyclic) bond motifs is 2. The third-order valence-electron chi connectivity index (χ3n) is 5.89. The van der Waals surface area contributed by atoms with E-state index in [1.807, 2.05) is 66.4 Å². The number of carbonyl (C=O) groups excluding carboxylic acids is 1. The molecule has 2 aliphatic heterocycles. The largest absolute Gasteiger partial charge is 0.454 e. The highest BCUT2D eigenvalue weighted by molar-refractivity contribution is 6.07. The fourth-order valence-electron chi connectivity index (χ4n) is 4.14. The Kier molecular flexibility index (Phi) is 5.11. The zero-order valence-electron chi connectivity index (χ0n) is 17.9. The van der Waals surface area contributed by atoms with Crippen molar-refractivity contribution in [3.8, 4) is 11.5 Å². The SMILES string of the molecule is CN(C)c1cc(C(=O)N2CCN(Cc3ccc4c(c3)OCO4)CC2)c2ccccc2n1. The fraction of sp³-hybridized carbons (Fsp3) is 0.333. The van der Waals surface area contributed by atoms with E-state index < -0.39 is 0 Å². The zero-order valence-corrected chi connectivity index (χ0v) is 17.9. The Morgan fingerprint density at radius 2 is 1.77 bits per heavy atom. The van der Waals surface area contributed by atoms with Crippen molar-refractivity contribution in [1.29, 1.82) is 0 Å². The van der Waals surface area contributed by atoms with E-state index in [2.05, 4.69) is 16.0 Å². The maximum absolute atomic E-state index is 13.4. The topological polar surface area (TPSA) is 58.1 Å². The summed E-state index contributed by atoms with van der Waals surface area (Å²) >= 11 is 0. The molecule has 5 rings (SSSR count). The van der Waals surface area contributed by atoms with Crippen LogP contribution in [0, 0.1) is 0 Å². The Morgan fingerprint density at radius 3 is 2.58 bits per heavy atom. The van der Waals surface area contributed by atoms with E-state index in [-0.39, 0.29) is 5.91 Å². The molecular formula is C24H26N4O3. The van der Waals surface area contributed by atoms with Gasteiger partial charge in [-0.3, -0.25) is 9.69 Å². The minimum atomic E-state index is 0.0735. The fourth-order valence-corrected chi connectivity index (χ4v) is 4.14. The highest BCUT2D eigenvalue weighted by atomic mass is 16.7. The lowest BCUT2D eigenvalue weighted by molar-refractivity contribution is 0.0630. The van der Waals surface area contributed by atoms with Crippen LogP contribution in [0.1, 0.15) is 15.9 Å². The van der Waals surface area contributed by atoms with Crippen LogP contribution < -0.4 is 14.4 Å². The van der Waals surface area contributed by atoms with Crippen molar-refractivity contribution in [2.24, 2.45) is 0 Å². The maximum atomic E-state index is 13.4. The Hall–Kier alpha value is -3.32. The van der Waals surface area contributed by atoms with Crippen LogP contribution in [0.5, 0.6) is 11.5 Å². The molecule has 0 aliphatic carbocycles. The van der Waals surface area contributed by atoms with Crippen molar-refractivity contribution < 1.29 is 14.3 Å². The van der Waals surface area contributed by atoms with Crippen LogP contribution in [-0.4, -0.2) is 67.8 Å². The molecule has 2 aromatic carbocycles. The zero-order chi connectivity index (χ0) is 21.4. The summed E-state index contributed by atoms with van der Waals surface area (Å²) in [5.74, 6) is 2.49. The predicted octanol–water partition coefficient (Wildman–Crippen LogP) is 2.99. The molecule has 160 valence electrons. The highest BCUT2D eigenvalue weighted by Gasteiger charge is 2.25. The number of pyridine rings is 1. The van der Waals surface area contributed by atoms with Gasteiger partial charge in [0.05, 0.1) is 11.1 Å². The quantitative estimate of drug-likeness (QED) is 0.649. The molecular weight excluding hydrogens is 392 g/mol. The first-order valence-corrected chi connectivity index (χ1v) is 10.6. The van der Waals surface area contributed by atoms with Crippen LogP contribution in [-0.2, 0) is 6.54 Å². The number of ether oxygens (including phenoxy) is 2. The Balaban J connectivity index is 1.29. The Morgan fingerprint density at radius 1 is 1.00 bits per heavy atom. The summed E-state index contributed by atoms with van der Waals surface area (Å²) in [5, 5.41) is 0.904. The first kappa shape index (κ1) is 19.6. The number of hydrogen-bond donors (Lipinski definition) is 0. The molecule has 1 saturated heterocycles. The van der Waals surface area contributed by atoms with Crippen LogP contribution in [0.3, 0.4) is 0 Å². The first-order chi connectivity index (χ1) is 15.1. The number of anilines is 1. The average Bonchev–Trinajstić information content (AvgIpc) is 3.26. The summed E-state index contributed by atoms with van der Waals surface area (Å²) in [6, 6.07) is 15.9. The van der Waals surface area contributed by atoms with E-state index in [0.717, 1.165) is 53.4 Å². The van der Waals surface area contributed by atoms with Crippen molar-refractivity contribution in [2.45, 2.75) is 6.54 Å². The van der Waals surface area contributed by atoms with Crippen molar-refractivity contribution in [1.82, 2.24) is 14.8 Å². The summed E-state index contributed by atoms with van der Waals surface area (Å²) in [6.45, 7) is 4.21. The van der Waals surface area contributed by atoms with E-state index in [1.165, 1.54) is 5.56 Å². The molecule has 1 aromatic heterocycles. The van der Waals surface area contributed by atoms with Gasteiger partial charge in [-0.15, -0.1) is 0 Å². The average molecular weight is 418 g/mol. The van der Waals surface area contributed by atoms with Crippen LogP contribution in [0.25, 0.3) is 10.9 Å². The number of hydrogen-bond acceptors (Lipinski definition) is 6. The van der Waals surface area contributed by atoms with Gasteiger partial charge in [0.25, 0.3) is 5.91 Å². The van der Waals surface area contributed by atoms with Gasteiger partial charge < -0.3 is 19.3 Å². The van der Waals surface area contributed by atoms with Gasteiger partial charge in [-0.2, -0.15) is 0 Å². The molecule has 7 nitrogen and oxygen atoms in total. The normalized spacial score (nSPS) is 16.0. The third kappa shape index (κ3) is 3.88. The minimum absolute atomic E-state index is 0.0735. The molecule has 0 N–H and O–H groups in total. The molecule has 1 fully saturated rings. The minimum Gasteiger partial charge on any atom is -0.454 e. The van der Waals surface area contributed by atoms with E-state index in [1.54, 1.807) is 0 Å². The van der Waals surface area contributed by atoms with Gasteiger partial charge in [0, 0.05) is 52.2 Å². The molecule has 0 spiro atoms. The molecule has 1 amide bonds. The summed E-state index contributed by atoms with van der Waals surface area (Å²) in [4.78, 5) is 24.4. The number of carbonyl (C=O) groups is 1. The summed E-state index contributed by atoms with van der Waals surface area (Å²) < 4.78 is 10.9. The maximum Gasteiger partial charge on any atom is 0.254 e. The van der Waals surface area contributed by atoms with Crippen LogP contribution in [0.4, 0.5) is 5.82 Å². The molecule has 0 unspecified atom stereocenters. The smallest absolute Gasteiger partial charge is 0.254 e. The number of para-hydroxylation sites is 1. The summed E-state index contributed by atoms with van der Waals surface area (Å²) in [7, 11) is 3.89. The first-order valence-electron chi connectivity index (χ1n) is 10.6. The van der Waals surface area contributed by atoms with Crippen LogP contribution in [0.15, 0.2) is 48.5 Å². The highest BCUT2D eigenvalue weighted by Crippen LogP contribution is 2.33. The van der Waals surface area contributed by atoms with Crippen molar-refractivity contribution in [3.63, 3.8) is 0 Å². The second-order valence-corrected chi connectivity index (χ2v) is 8.20. The van der Waals surface area contributed by atoms with Crippen molar-refractivity contribution in [2.75, 3.05) is 52.0 Å². The van der Waals surface area contributed by atoms with Crippen LogP contribution >= 0.6 is 0 Å². The number of amides is 1. The van der Waals surface area contributed by atoms with Crippen LogP contribution in [0.2, 0.25) is 0 Å². The Bertz CT molecular complexity index is 1120. The molecule has 0 radical (unpaired) electrons. The molecule has 0 bridgehead atoms. The molecule has 2 aliphatic rings. The van der Waals surface area contributed by atoms with Crippen molar-refractivity contribution >= 4 is 22.6 Å². The molecule has 7 heteroatoms. The number of rotatable bonds is 4. The van der Waals surface area contributed by atoms with Gasteiger partial charge in [-0.05, 0) is 29.8 Å². The second kappa shape index (κ2) is 8.07. The van der Waals surface area contributed by atoms with E-state index >= 15 is 0 Å². The van der Waals surface area contributed by atoms with Crippen molar-refractivity contribution in [3.05, 3.63) is 59.7 Å². The van der Waals surface area contributed by atoms with Gasteiger partial charge in [-0.1, -0.05) is 24.3 Å². The number of benzene rings is 2. The van der Waals surface area contributed by atoms with E-state index in [4.69, 9.17) is 9.47 Å². The predicted molar refractivity (Wildman–Crippen MR) is 120 cm³/mol. The standard InChI is InChI=1S/C24H26N4O3/c1-26(2)23-14-19(18-5-3-4-6-20(18)25-23)24(29)28-11-9-27(10-12-28)15-17-7-8-21-22(13-17)31-16-30-21/h3-8,13-14H,9-12,15-16H2,1-2H3. The third-order valence-corrected chi connectivity index (χ3v) is 5.89. The number of piperazine rings is 1. The number of aromatic nitrogens is 1. The summed E-state index contributed by atoms with van der Waals surface area (Å²) in [6.07, 6.45) is 0. The van der Waals surface area contributed by atoms with E-state index in [0.29, 0.717) is 19.9 Å². The Labute approximate surface area is 181 Å². The van der Waals surface area contributed by atoms with Gasteiger partial charge in [0.15, 0.2) is 11.5 Å². The second-order valence-electron chi connectivity index (χ2n) is 8.20. The number of nitrogens with zero attached hydrogens (tertiary/aromatic N) is 4. The van der Waals surface area contributed by atoms with Gasteiger partial charge in [-0.25, -0.2) is 4.98 Å².